The number of piperidine rings is 1. The molecule has 2 aliphatic heterocycles. The molecule has 1 aromatic heterocycles. The van der Waals surface area contributed by atoms with E-state index in [4.69, 9.17) is 0 Å². The number of fused-ring (bicyclic) bond motifs is 1. The topological polar surface area (TPSA) is 48.5 Å². The molecule has 1 saturated heterocycles. The molecule has 26 heavy (non-hydrogen) atoms. The van der Waals surface area contributed by atoms with Crippen LogP contribution in [0.5, 0.6) is 0 Å². The van der Waals surface area contributed by atoms with Gasteiger partial charge in [-0.15, -0.1) is 11.3 Å². The Bertz CT molecular complexity index is 801. The van der Waals surface area contributed by atoms with Gasteiger partial charge in [-0.3, -0.25) is 5.32 Å². The van der Waals surface area contributed by atoms with Crippen LogP contribution in [0.25, 0.3) is 0 Å². The van der Waals surface area contributed by atoms with Gasteiger partial charge in [-0.25, -0.2) is 14.2 Å². The van der Waals surface area contributed by atoms with Gasteiger partial charge in [0.1, 0.15) is 5.82 Å². The molecule has 0 unspecified atom stereocenters. The summed E-state index contributed by atoms with van der Waals surface area (Å²) in [5, 5.41) is 5.55. The van der Waals surface area contributed by atoms with Crippen LogP contribution in [0.4, 0.5) is 20.0 Å². The first-order valence-corrected chi connectivity index (χ1v) is 10.1. The first-order chi connectivity index (χ1) is 12.6. The van der Waals surface area contributed by atoms with E-state index < -0.39 is 0 Å². The summed E-state index contributed by atoms with van der Waals surface area (Å²) in [6.45, 7) is 4.41. The summed E-state index contributed by atoms with van der Waals surface area (Å²) in [5.41, 5.74) is 3.26. The van der Waals surface area contributed by atoms with Crippen LogP contribution in [0, 0.1) is 5.82 Å². The van der Waals surface area contributed by atoms with E-state index in [1.807, 2.05) is 23.3 Å². The number of aryl methyl sites for hydroxylation is 1. The predicted molar refractivity (Wildman–Crippen MR) is 103 cm³/mol. The van der Waals surface area contributed by atoms with Gasteiger partial charge in [-0.05, 0) is 43.4 Å². The normalized spacial score (nSPS) is 17.5. The number of rotatable bonds is 3. The largest absolute Gasteiger partial charge is 0.368 e. The van der Waals surface area contributed by atoms with E-state index in [0.29, 0.717) is 24.3 Å². The Hall–Kier alpha value is -2.15. The third kappa shape index (κ3) is 3.40. The molecule has 4 rings (SSSR count). The number of halogens is 1. The first-order valence-electron chi connectivity index (χ1n) is 9.19. The molecule has 0 atom stereocenters. The second kappa shape index (κ2) is 7.23. The van der Waals surface area contributed by atoms with Crippen molar-refractivity contribution in [2.24, 2.45) is 0 Å². The molecular formula is C19H23FN4OS. The number of nitrogens with one attached hydrogen (secondary N) is 1. The molecule has 0 aliphatic carbocycles. The highest BCUT2D eigenvalue weighted by molar-refractivity contribution is 7.13. The Morgan fingerprint density at radius 1 is 1.35 bits per heavy atom. The molecule has 2 amide bonds. The summed E-state index contributed by atoms with van der Waals surface area (Å²) < 4.78 is 13.6. The summed E-state index contributed by atoms with van der Waals surface area (Å²) in [5.74, 6) is -0.178. The fraction of sp³-hybridized carbons (Fsp3) is 0.474. The van der Waals surface area contributed by atoms with Gasteiger partial charge in [0, 0.05) is 36.7 Å². The lowest BCUT2D eigenvalue weighted by Crippen LogP contribution is -2.47. The van der Waals surface area contributed by atoms with E-state index in [-0.39, 0.29) is 11.8 Å². The second-order valence-electron chi connectivity index (χ2n) is 6.86. The van der Waals surface area contributed by atoms with Crippen molar-refractivity contribution in [1.29, 1.82) is 0 Å². The van der Waals surface area contributed by atoms with Crippen molar-refractivity contribution < 1.29 is 9.18 Å². The monoisotopic (exact) mass is 374 g/mol. The average molecular weight is 374 g/mol. The lowest BCUT2D eigenvalue weighted by Gasteiger charge is -2.38. The molecule has 2 aliphatic rings. The quantitative estimate of drug-likeness (QED) is 0.886. The van der Waals surface area contributed by atoms with E-state index in [0.717, 1.165) is 43.6 Å². The Morgan fingerprint density at radius 2 is 2.15 bits per heavy atom. The number of carbonyl (C=O) groups excluding carboxylic acids is 1. The zero-order valence-corrected chi connectivity index (χ0v) is 15.7. The van der Waals surface area contributed by atoms with E-state index in [1.54, 1.807) is 6.07 Å². The van der Waals surface area contributed by atoms with Crippen molar-refractivity contribution in [2.75, 3.05) is 29.9 Å². The molecule has 138 valence electrons. The minimum atomic E-state index is -0.178. The molecule has 5 nitrogen and oxygen atoms in total. The molecule has 2 aromatic rings. The van der Waals surface area contributed by atoms with Crippen LogP contribution in [-0.2, 0) is 12.8 Å². The number of anilines is 2. The Morgan fingerprint density at radius 3 is 2.88 bits per heavy atom. The van der Waals surface area contributed by atoms with Gasteiger partial charge >= 0.3 is 6.03 Å². The molecule has 7 heteroatoms. The summed E-state index contributed by atoms with van der Waals surface area (Å²) >= 11 is 1.47. The van der Waals surface area contributed by atoms with Gasteiger partial charge in [0.15, 0.2) is 5.13 Å². The van der Waals surface area contributed by atoms with Gasteiger partial charge in [0.25, 0.3) is 0 Å². The number of nitrogens with zero attached hydrogens (tertiary/aromatic N) is 3. The molecule has 1 fully saturated rings. The smallest absolute Gasteiger partial charge is 0.323 e. The maximum absolute atomic E-state index is 13.6. The van der Waals surface area contributed by atoms with Crippen molar-refractivity contribution in [3.63, 3.8) is 0 Å². The highest BCUT2D eigenvalue weighted by Gasteiger charge is 2.31. The van der Waals surface area contributed by atoms with Crippen molar-refractivity contribution in [3.8, 4) is 0 Å². The third-order valence-corrected chi connectivity index (χ3v) is 6.11. The number of likely N-dealkylation sites (tertiary alicyclic amines) is 1. The number of hydrogen-bond acceptors (Lipinski definition) is 4. The van der Waals surface area contributed by atoms with E-state index in [2.05, 4.69) is 15.2 Å². The number of thiazole rings is 1. The maximum atomic E-state index is 13.6. The number of amides is 2. The standard InChI is InChI=1S/C19H23FN4OS/c1-2-15-12-26-18(21-15)22-19(25)23-8-6-16(7-9-23)24-10-5-13-3-4-14(20)11-17(13)24/h3-4,11-12,16H,2,5-10H2,1H3,(H,21,22,25). The molecule has 0 spiro atoms. The number of urea groups is 1. The number of aromatic nitrogens is 1. The Kier molecular flexibility index (Phi) is 4.80. The van der Waals surface area contributed by atoms with Crippen LogP contribution in [0.15, 0.2) is 23.6 Å². The van der Waals surface area contributed by atoms with Gasteiger partial charge in [0.05, 0.1) is 5.69 Å². The third-order valence-electron chi connectivity index (χ3n) is 5.30. The minimum Gasteiger partial charge on any atom is -0.368 e. The lowest BCUT2D eigenvalue weighted by molar-refractivity contribution is 0.193. The lowest BCUT2D eigenvalue weighted by atomic mass is 10.0. The second-order valence-corrected chi connectivity index (χ2v) is 7.72. The van der Waals surface area contributed by atoms with E-state index in [9.17, 15) is 9.18 Å². The SMILES string of the molecule is CCc1csc(NC(=O)N2CCC(N3CCc4ccc(F)cc43)CC2)n1. The first kappa shape index (κ1) is 17.3. The molecule has 1 aromatic carbocycles. The van der Waals surface area contributed by atoms with Gasteiger partial charge < -0.3 is 9.80 Å². The van der Waals surface area contributed by atoms with Crippen molar-refractivity contribution >= 4 is 28.2 Å². The molecule has 0 saturated carbocycles. The van der Waals surface area contributed by atoms with Crippen LogP contribution in [-0.4, -0.2) is 41.6 Å². The molecule has 0 radical (unpaired) electrons. The average Bonchev–Trinajstić information content (AvgIpc) is 3.28. The molecular weight excluding hydrogens is 351 g/mol. The number of hydrogen-bond donors (Lipinski definition) is 1. The summed E-state index contributed by atoms with van der Waals surface area (Å²) in [6.07, 6.45) is 3.65. The summed E-state index contributed by atoms with van der Waals surface area (Å²) in [6, 6.07) is 5.38. The highest BCUT2D eigenvalue weighted by atomic mass is 32.1. The summed E-state index contributed by atoms with van der Waals surface area (Å²) in [7, 11) is 0. The fourth-order valence-corrected chi connectivity index (χ4v) is 4.62. The van der Waals surface area contributed by atoms with Crippen molar-refractivity contribution in [1.82, 2.24) is 9.88 Å². The Balaban J connectivity index is 1.34. The minimum absolute atomic E-state index is 0.0756. The maximum Gasteiger partial charge on any atom is 0.323 e. The fourth-order valence-electron chi connectivity index (χ4n) is 3.83. The van der Waals surface area contributed by atoms with Crippen LogP contribution < -0.4 is 10.2 Å². The zero-order chi connectivity index (χ0) is 18.1. The van der Waals surface area contributed by atoms with E-state index in [1.165, 1.54) is 23.0 Å². The van der Waals surface area contributed by atoms with Crippen molar-refractivity contribution in [2.45, 2.75) is 38.6 Å². The van der Waals surface area contributed by atoms with Gasteiger partial charge in [-0.1, -0.05) is 13.0 Å². The van der Waals surface area contributed by atoms with Crippen molar-refractivity contribution in [3.05, 3.63) is 40.7 Å². The van der Waals surface area contributed by atoms with E-state index >= 15 is 0 Å². The summed E-state index contributed by atoms with van der Waals surface area (Å²) in [4.78, 5) is 21.0. The van der Waals surface area contributed by atoms with Crippen LogP contribution in [0.3, 0.4) is 0 Å². The highest BCUT2D eigenvalue weighted by Crippen LogP contribution is 2.33. The van der Waals surface area contributed by atoms with Crippen LogP contribution in [0.2, 0.25) is 0 Å². The Labute approximate surface area is 156 Å². The predicted octanol–water partition coefficient (Wildman–Crippen LogP) is 3.90. The number of carbonyl (C=O) groups is 1. The zero-order valence-electron chi connectivity index (χ0n) is 14.9. The van der Waals surface area contributed by atoms with Gasteiger partial charge in [0.2, 0.25) is 0 Å². The molecule has 0 bridgehead atoms. The number of benzene rings is 1. The van der Waals surface area contributed by atoms with Gasteiger partial charge in [-0.2, -0.15) is 0 Å². The van der Waals surface area contributed by atoms with Crippen LogP contribution >= 0.6 is 11.3 Å². The molecule has 1 N–H and O–H groups in total. The molecule has 3 heterocycles. The van der Waals surface area contributed by atoms with Crippen LogP contribution in [0.1, 0.15) is 31.0 Å².